The van der Waals surface area contributed by atoms with Crippen molar-refractivity contribution in [3.8, 4) is 5.75 Å². The Bertz CT molecular complexity index is 746. The summed E-state index contributed by atoms with van der Waals surface area (Å²) in [5, 5.41) is 2.91. The van der Waals surface area contributed by atoms with Gasteiger partial charge in [0, 0.05) is 13.1 Å². The third-order valence-corrected chi connectivity index (χ3v) is 4.68. The summed E-state index contributed by atoms with van der Waals surface area (Å²) in [6, 6.07) is 14.3. The lowest BCUT2D eigenvalue weighted by Gasteiger charge is -2.24. The lowest BCUT2D eigenvalue weighted by atomic mass is 9.92. The fourth-order valence-corrected chi connectivity index (χ4v) is 3.51. The third kappa shape index (κ3) is 4.82. The van der Waals surface area contributed by atoms with Crippen LogP contribution in [0.25, 0.3) is 0 Å². The molecule has 4 nitrogen and oxygen atoms in total. The van der Waals surface area contributed by atoms with Crippen molar-refractivity contribution in [3.63, 3.8) is 0 Å². The molecule has 1 fully saturated rings. The Kier molecular flexibility index (Phi) is 5.57. The minimum Gasteiger partial charge on any atom is -0.489 e. The van der Waals surface area contributed by atoms with E-state index < -0.39 is 0 Å². The van der Waals surface area contributed by atoms with E-state index in [2.05, 4.69) is 24.1 Å². The lowest BCUT2D eigenvalue weighted by Crippen LogP contribution is -2.39. The number of carbonyl (C=O) groups is 1. The molecule has 0 unspecified atom stereocenters. The van der Waals surface area contributed by atoms with Crippen LogP contribution < -0.4 is 10.1 Å². The van der Waals surface area contributed by atoms with E-state index in [4.69, 9.17) is 4.74 Å². The predicted molar refractivity (Wildman–Crippen MR) is 99.0 cm³/mol. The number of hydrogen-bond donors (Lipinski definition) is 1. The minimum absolute atomic E-state index is 0.0754. The van der Waals surface area contributed by atoms with Gasteiger partial charge in [-0.2, -0.15) is 0 Å². The van der Waals surface area contributed by atoms with Crippen LogP contribution in [0.2, 0.25) is 0 Å². The van der Waals surface area contributed by atoms with Crippen LogP contribution in [0.4, 0.5) is 4.39 Å². The Hall–Kier alpha value is -2.40. The van der Waals surface area contributed by atoms with Crippen molar-refractivity contribution in [2.75, 3.05) is 6.54 Å². The molecule has 0 aromatic heterocycles. The largest absolute Gasteiger partial charge is 0.489 e. The van der Waals surface area contributed by atoms with Gasteiger partial charge in [0.05, 0.1) is 6.17 Å². The van der Waals surface area contributed by atoms with Gasteiger partial charge in [0.2, 0.25) is 6.41 Å². The first-order chi connectivity index (χ1) is 12.4. The molecule has 1 aliphatic rings. The number of nitrogens with one attached hydrogen (secondary N) is 1. The topological polar surface area (TPSA) is 41.6 Å². The molecule has 0 radical (unpaired) electrons. The van der Waals surface area contributed by atoms with Gasteiger partial charge in [0.1, 0.15) is 18.2 Å². The summed E-state index contributed by atoms with van der Waals surface area (Å²) in [6.45, 7) is 6.49. The highest BCUT2D eigenvalue weighted by Crippen LogP contribution is 2.33. The van der Waals surface area contributed by atoms with Gasteiger partial charge in [-0.3, -0.25) is 9.69 Å². The standard InChI is InChI=1S/C21H25FN2O2/c1-21(2)11-20(23-15-25)24(14-21)12-16-6-8-19(9-7-16)26-13-17-4-3-5-18(22)10-17/h3-10,15,20H,11-14H2,1-2H3,(H,23,25)/t20-/m0/s1. The van der Waals surface area contributed by atoms with E-state index in [1.165, 1.54) is 17.7 Å². The number of ether oxygens (including phenoxy) is 1. The number of carbonyl (C=O) groups excluding carboxylic acids is 1. The van der Waals surface area contributed by atoms with E-state index in [0.717, 1.165) is 37.2 Å². The molecule has 5 heteroatoms. The second-order valence-electron chi connectivity index (χ2n) is 7.64. The van der Waals surface area contributed by atoms with Crippen LogP contribution in [0.1, 0.15) is 31.4 Å². The SMILES string of the molecule is CC1(C)C[C@@H](NC=O)N(Cc2ccc(OCc3cccc(F)c3)cc2)C1. The molecule has 138 valence electrons. The van der Waals surface area contributed by atoms with Gasteiger partial charge in [-0.25, -0.2) is 4.39 Å². The quantitative estimate of drug-likeness (QED) is 0.769. The second kappa shape index (κ2) is 7.87. The second-order valence-corrected chi connectivity index (χ2v) is 7.64. The van der Waals surface area contributed by atoms with E-state index in [-0.39, 0.29) is 17.4 Å². The maximum atomic E-state index is 13.2. The summed E-state index contributed by atoms with van der Waals surface area (Å²) in [7, 11) is 0. The third-order valence-electron chi connectivity index (χ3n) is 4.68. The molecule has 1 amide bonds. The highest BCUT2D eigenvalue weighted by Gasteiger charge is 2.36. The monoisotopic (exact) mass is 356 g/mol. The molecule has 1 atom stereocenters. The lowest BCUT2D eigenvalue weighted by molar-refractivity contribution is -0.111. The number of hydrogen-bond acceptors (Lipinski definition) is 3. The molecule has 0 spiro atoms. The van der Waals surface area contributed by atoms with Gasteiger partial charge in [-0.15, -0.1) is 0 Å². The Morgan fingerprint density at radius 3 is 2.69 bits per heavy atom. The zero-order chi connectivity index (χ0) is 18.6. The van der Waals surface area contributed by atoms with Crippen LogP contribution in [0.3, 0.4) is 0 Å². The van der Waals surface area contributed by atoms with E-state index in [1.54, 1.807) is 6.07 Å². The molecule has 1 N–H and O–H groups in total. The van der Waals surface area contributed by atoms with E-state index in [0.29, 0.717) is 6.61 Å². The Morgan fingerprint density at radius 2 is 2.00 bits per heavy atom. The average molecular weight is 356 g/mol. The van der Waals surface area contributed by atoms with Crippen LogP contribution in [-0.4, -0.2) is 24.0 Å². The molecule has 2 aromatic rings. The first kappa shape index (κ1) is 18.4. The Morgan fingerprint density at radius 1 is 1.23 bits per heavy atom. The molecule has 0 bridgehead atoms. The van der Waals surface area contributed by atoms with Crippen molar-refractivity contribution in [1.29, 1.82) is 0 Å². The van der Waals surface area contributed by atoms with Gasteiger partial charge < -0.3 is 10.1 Å². The first-order valence-electron chi connectivity index (χ1n) is 8.85. The normalized spacial score (nSPS) is 19.3. The zero-order valence-electron chi connectivity index (χ0n) is 15.2. The molecule has 1 heterocycles. The number of halogens is 1. The molecule has 2 aromatic carbocycles. The van der Waals surface area contributed by atoms with Gasteiger partial charge in [-0.1, -0.05) is 38.1 Å². The molecule has 0 saturated carbocycles. The van der Waals surface area contributed by atoms with Crippen molar-refractivity contribution in [3.05, 3.63) is 65.5 Å². The van der Waals surface area contributed by atoms with Crippen LogP contribution in [0.5, 0.6) is 5.75 Å². The Balaban J connectivity index is 1.58. The molecule has 1 saturated heterocycles. The van der Waals surface area contributed by atoms with Crippen LogP contribution in [-0.2, 0) is 17.9 Å². The highest BCUT2D eigenvalue weighted by atomic mass is 19.1. The van der Waals surface area contributed by atoms with Crippen molar-refractivity contribution in [2.45, 2.75) is 39.6 Å². The van der Waals surface area contributed by atoms with Gasteiger partial charge in [-0.05, 0) is 47.2 Å². The fourth-order valence-electron chi connectivity index (χ4n) is 3.51. The van der Waals surface area contributed by atoms with Crippen molar-refractivity contribution < 1.29 is 13.9 Å². The summed E-state index contributed by atoms with van der Waals surface area (Å²) in [6.07, 6.45) is 1.80. The molecule has 0 aliphatic carbocycles. The smallest absolute Gasteiger partial charge is 0.208 e. The molecule has 1 aliphatic heterocycles. The summed E-state index contributed by atoms with van der Waals surface area (Å²) >= 11 is 0. The molecule has 26 heavy (non-hydrogen) atoms. The number of nitrogens with zero attached hydrogens (tertiary/aromatic N) is 1. The summed E-state index contributed by atoms with van der Waals surface area (Å²) < 4.78 is 18.9. The van der Waals surface area contributed by atoms with Gasteiger partial charge >= 0.3 is 0 Å². The molecular weight excluding hydrogens is 331 g/mol. The summed E-state index contributed by atoms with van der Waals surface area (Å²) in [5.41, 5.74) is 2.16. The van der Waals surface area contributed by atoms with Crippen LogP contribution >= 0.6 is 0 Å². The summed E-state index contributed by atoms with van der Waals surface area (Å²) in [5.74, 6) is 0.496. The van der Waals surface area contributed by atoms with E-state index in [9.17, 15) is 9.18 Å². The maximum Gasteiger partial charge on any atom is 0.208 e. The van der Waals surface area contributed by atoms with Crippen LogP contribution in [0, 0.1) is 11.2 Å². The van der Waals surface area contributed by atoms with Crippen molar-refractivity contribution >= 4 is 6.41 Å². The van der Waals surface area contributed by atoms with Crippen molar-refractivity contribution in [2.24, 2.45) is 5.41 Å². The minimum atomic E-state index is -0.256. The Labute approximate surface area is 154 Å². The van der Waals surface area contributed by atoms with Crippen molar-refractivity contribution in [1.82, 2.24) is 10.2 Å². The highest BCUT2D eigenvalue weighted by molar-refractivity contribution is 5.46. The van der Waals surface area contributed by atoms with Crippen LogP contribution in [0.15, 0.2) is 48.5 Å². The van der Waals surface area contributed by atoms with E-state index in [1.807, 2.05) is 30.3 Å². The van der Waals surface area contributed by atoms with Gasteiger partial charge in [0.25, 0.3) is 0 Å². The average Bonchev–Trinajstić information content (AvgIpc) is 2.88. The number of rotatable bonds is 7. The molecular formula is C21H25FN2O2. The maximum absolute atomic E-state index is 13.2. The zero-order valence-corrected chi connectivity index (χ0v) is 15.2. The number of amides is 1. The number of likely N-dealkylation sites (tertiary alicyclic amines) is 1. The fraction of sp³-hybridized carbons (Fsp3) is 0.381. The molecule has 3 rings (SSSR count). The number of benzene rings is 2. The van der Waals surface area contributed by atoms with E-state index >= 15 is 0 Å². The first-order valence-corrected chi connectivity index (χ1v) is 8.85. The van der Waals surface area contributed by atoms with Gasteiger partial charge in [0.15, 0.2) is 0 Å². The predicted octanol–water partition coefficient (Wildman–Crippen LogP) is 3.71. The summed E-state index contributed by atoms with van der Waals surface area (Å²) in [4.78, 5) is 13.1.